The summed E-state index contributed by atoms with van der Waals surface area (Å²) in [6.45, 7) is -0.435. The molecule has 0 aliphatic rings. The molecule has 0 saturated heterocycles. The van der Waals surface area contributed by atoms with Crippen molar-refractivity contribution in [2.24, 2.45) is 27.9 Å². The third-order valence-corrected chi connectivity index (χ3v) is 3.81. The molecule has 0 rings (SSSR count). The molecule has 32 heavy (non-hydrogen) atoms. The van der Waals surface area contributed by atoms with Gasteiger partial charge in [-0.3, -0.25) is 29.0 Å². The highest BCUT2D eigenvalue weighted by Crippen LogP contribution is 2.03. The largest absolute Gasteiger partial charge is 0.481 e. The topological polar surface area (TPSA) is 295 Å². The summed E-state index contributed by atoms with van der Waals surface area (Å²) in [5.74, 6) is -7.06. The van der Waals surface area contributed by atoms with Crippen molar-refractivity contribution >= 4 is 41.5 Å². The van der Waals surface area contributed by atoms with E-state index in [0.717, 1.165) is 0 Å². The van der Waals surface area contributed by atoms with Crippen LogP contribution in [0.5, 0.6) is 0 Å². The monoisotopic (exact) mass is 460 g/mol. The van der Waals surface area contributed by atoms with Crippen LogP contribution in [0.15, 0.2) is 4.99 Å². The Bertz CT molecular complexity index is 752. The molecule has 0 fully saturated rings. The van der Waals surface area contributed by atoms with Crippen LogP contribution in [0.4, 0.5) is 0 Å². The van der Waals surface area contributed by atoms with E-state index in [2.05, 4.69) is 20.9 Å². The summed E-state index contributed by atoms with van der Waals surface area (Å²) in [6, 6.07) is -4.65. The van der Waals surface area contributed by atoms with Gasteiger partial charge in [0.25, 0.3) is 0 Å². The molecule has 180 valence electrons. The van der Waals surface area contributed by atoms with Crippen molar-refractivity contribution in [1.29, 1.82) is 0 Å². The van der Waals surface area contributed by atoms with E-state index in [4.69, 9.17) is 28.0 Å². The Balaban J connectivity index is 5.35. The Hall–Kier alpha value is -3.95. The van der Waals surface area contributed by atoms with E-state index in [1.165, 1.54) is 0 Å². The number of carboxylic acids is 2. The number of aliphatic imine (C=N–C) groups is 1. The average molecular weight is 460 g/mol. The van der Waals surface area contributed by atoms with E-state index in [0.29, 0.717) is 0 Å². The fourth-order valence-corrected chi connectivity index (χ4v) is 2.35. The minimum Gasteiger partial charge on any atom is -0.481 e. The molecule has 16 nitrogen and oxygen atoms in total. The molecule has 0 aromatic rings. The lowest BCUT2D eigenvalue weighted by Gasteiger charge is -2.23. The summed E-state index contributed by atoms with van der Waals surface area (Å²) < 4.78 is 0. The zero-order chi connectivity index (χ0) is 24.8. The normalized spacial score (nSPS) is 13.0. The second kappa shape index (κ2) is 14.1. The number of primary amides is 1. The molecule has 13 N–H and O–H groups in total. The van der Waals surface area contributed by atoms with Crippen LogP contribution in [0.2, 0.25) is 0 Å². The summed E-state index contributed by atoms with van der Waals surface area (Å²) in [5, 5.41) is 24.5. The second-order valence-corrected chi connectivity index (χ2v) is 6.50. The number of hydrogen-bond donors (Lipinski definition) is 9. The lowest BCUT2D eigenvalue weighted by atomic mass is 10.1. The van der Waals surface area contributed by atoms with Crippen molar-refractivity contribution in [1.82, 2.24) is 16.0 Å². The van der Waals surface area contributed by atoms with Crippen molar-refractivity contribution < 1.29 is 39.0 Å². The number of rotatable bonds is 15. The fourth-order valence-electron chi connectivity index (χ4n) is 2.35. The predicted molar refractivity (Wildman–Crippen MR) is 108 cm³/mol. The number of nitrogens with two attached hydrogens (primary N) is 4. The molecule has 0 aromatic carbocycles. The minimum absolute atomic E-state index is 0.0801. The van der Waals surface area contributed by atoms with Crippen LogP contribution in [-0.4, -0.2) is 83.0 Å². The molecule has 0 saturated carbocycles. The van der Waals surface area contributed by atoms with Crippen LogP contribution < -0.4 is 38.9 Å². The molecule has 3 unspecified atom stereocenters. The van der Waals surface area contributed by atoms with Crippen LogP contribution in [0.1, 0.15) is 25.7 Å². The van der Waals surface area contributed by atoms with Gasteiger partial charge < -0.3 is 49.1 Å². The minimum atomic E-state index is -1.63. The molecular formula is C16H28N8O8. The second-order valence-electron chi connectivity index (χ2n) is 6.50. The summed E-state index contributed by atoms with van der Waals surface area (Å²) in [4.78, 5) is 73.7. The van der Waals surface area contributed by atoms with Gasteiger partial charge in [-0.05, 0) is 12.8 Å². The van der Waals surface area contributed by atoms with Crippen LogP contribution in [0.25, 0.3) is 0 Å². The van der Waals surface area contributed by atoms with E-state index in [-0.39, 0.29) is 25.3 Å². The lowest BCUT2D eigenvalue weighted by Crippen LogP contribution is -2.57. The van der Waals surface area contributed by atoms with Crippen molar-refractivity contribution in [3.05, 3.63) is 0 Å². The highest BCUT2D eigenvalue weighted by Gasteiger charge is 2.31. The molecule has 4 amide bonds. The first-order valence-corrected chi connectivity index (χ1v) is 9.25. The Labute approximate surface area is 182 Å². The summed E-state index contributed by atoms with van der Waals surface area (Å²) in [7, 11) is 0. The molecular weight excluding hydrogens is 432 g/mol. The number of guanidine groups is 1. The molecule has 0 radical (unpaired) electrons. The highest BCUT2D eigenvalue weighted by atomic mass is 16.4. The number of carbonyl (C=O) groups excluding carboxylic acids is 4. The molecule has 3 atom stereocenters. The van der Waals surface area contributed by atoms with Crippen LogP contribution in [-0.2, 0) is 28.8 Å². The van der Waals surface area contributed by atoms with Gasteiger partial charge in [0.2, 0.25) is 23.6 Å². The van der Waals surface area contributed by atoms with E-state index in [1.807, 2.05) is 0 Å². The number of nitrogens with one attached hydrogen (secondary N) is 3. The van der Waals surface area contributed by atoms with Gasteiger partial charge in [0, 0.05) is 6.54 Å². The first kappa shape index (κ1) is 28.1. The maximum Gasteiger partial charge on any atom is 0.326 e. The molecule has 0 spiro atoms. The van der Waals surface area contributed by atoms with Gasteiger partial charge in [0.05, 0.1) is 19.4 Å². The number of aliphatic carboxylic acids is 2. The highest BCUT2D eigenvalue weighted by molar-refractivity contribution is 5.96. The van der Waals surface area contributed by atoms with Gasteiger partial charge in [-0.25, -0.2) is 4.79 Å². The number of carboxylic acid groups (broad SMARTS) is 2. The molecule has 0 bridgehead atoms. The quantitative estimate of drug-likeness (QED) is 0.0632. The first-order valence-electron chi connectivity index (χ1n) is 9.25. The van der Waals surface area contributed by atoms with Gasteiger partial charge >= 0.3 is 11.9 Å². The third-order valence-electron chi connectivity index (χ3n) is 3.81. The first-order chi connectivity index (χ1) is 14.9. The number of amides is 4. The van der Waals surface area contributed by atoms with Crippen LogP contribution in [0, 0.1) is 0 Å². The van der Waals surface area contributed by atoms with Gasteiger partial charge in [-0.1, -0.05) is 0 Å². The molecule has 16 heteroatoms. The van der Waals surface area contributed by atoms with Crippen molar-refractivity contribution in [3.8, 4) is 0 Å². The summed E-state index contributed by atoms with van der Waals surface area (Å²) in [5.41, 5.74) is 20.5. The van der Waals surface area contributed by atoms with Crippen molar-refractivity contribution in [2.45, 2.75) is 43.8 Å². The average Bonchev–Trinajstić information content (AvgIpc) is 2.67. The zero-order valence-electron chi connectivity index (χ0n) is 17.1. The number of carbonyl (C=O) groups is 6. The molecule has 0 heterocycles. The Morgan fingerprint density at radius 1 is 0.812 bits per heavy atom. The van der Waals surface area contributed by atoms with Gasteiger partial charge in [0.15, 0.2) is 5.96 Å². The number of hydrogen-bond acceptors (Lipinski definition) is 8. The lowest BCUT2D eigenvalue weighted by molar-refractivity contribution is -0.143. The summed E-state index contributed by atoms with van der Waals surface area (Å²) >= 11 is 0. The maximum atomic E-state index is 12.5. The maximum absolute atomic E-state index is 12.5. The van der Waals surface area contributed by atoms with Gasteiger partial charge in [0.1, 0.15) is 18.1 Å². The van der Waals surface area contributed by atoms with E-state index in [1.54, 1.807) is 0 Å². The van der Waals surface area contributed by atoms with E-state index in [9.17, 15) is 33.9 Å². The predicted octanol–water partition coefficient (Wildman–Crippen LogP) is -5.11. The molecule has 0 aliphatic carbocycles. The molecule has 0 aliphatic heterocycles. The molecule has 0 aromatic heterocycles. The Morgan fingerprint density at radius 2 is 1.34 bits per heavy atom. The third kappa shape index (κ3) is 11.9. The Kier molecular flexibility index (Phi) is 12.4. The van der Waals surface area contributed by atoms with Gasteiger partial charge in [-0.15, -0.1) is 0 Å². The van der Waals surface area contributed by atoms with E-state index < -0.39 is 73.1 Å². The van der Waals surface area contributed by atoms with Crippen molar-refractivity contribution in [3.63, 3.8) is 0 Å². The number of nitrogens with zero attached hydrogens (tertiary/aromatic N) is 1. The zero-order valence-corrected chi connectivity index (χ0v) is 17.1. The van der Waals surface area contributed by atoms with Crippen LogP contribution >= 0.6 is 0 Å². The SMILES string of the molecule is NCC(=O)NC(CC(=O)O)C(=O)NC(CC(N)=O)C(=O)NC(CCCN=C(N)N)C(=O)O. The Morgan fingerprint density at radius 3 is 1.78 bits per heavy atom. The van der Waals surface area contributed by atoms with Crippen molar-refractivity contribution in [2.75, 3.05) is 13.1 Å². The summed E-state index contributed by atoms with van der Waals surface area (Å²) in [6.07, 6.45) is -1.45. The fraction of sp³-hybridized carbons (Fsp3) is 0.562. The smallest absolute Gasteiger partial charge is 0.326 e. The standard InChI is InChI=1S/C16H28N8O8/c17-6-11(26)22-9(5-12(27)28)14(30)24-8(4-10(18)25)13(29)23-7(15(31)32)2-1-3-21-16(19)20/h7-9H,1-6,17H2,(H2,18,25)(H,22,26)(H,23,29)(H,24,30)(H,27,28)(H,31,32)(H4,19,20,21). The van der Waals surface area contributed by atoms with Gasteiger partial charge in [-0.2, -0.15) is 0 Å². The van der Waals surface area contributed by atoms with Crippen LogP contribution in [0.3, 0.4) is 0 Å². The van der Waals surface area contributed by atoms with E-state index >= 15 is 0 Å².